The number of hydrogen-bond donors (Lipinski definition) is 6. The first-order valence-electron chi connectivity index (χ1n) is 9.82. The molecule has 0 saturated heterocycles. The Kier molecular flexibility index (Phi) is 11.4. The van der Waals surface area contributed by atoms with Crippen LogP contribution in [0.2, 0.25) is 0 Å². The van der Waals surface area contributed by atoms with Crippen LogP contribution in [0.4, 0.5) is 0 Å². The van der Waals surface area contributed by atoms with Crippen molar-refractivity contribution in [3.8, 4) is 0 Å². The first-order chi connectivity index (χ1) is 13.3. The number of carbonyl (C=O) groups is 4. The van der Waals surface area contributed by atoms with E-state index in [0.717, 1.165) is 0 Å². The summed E-state index contributed by atoms with van der Waals surface area (Å²) in [6, 6.07) is -4.19. The van der Waals surface area contributed by atoms with Gasteiger partial charge in [-0.1, -0.05) is 41.5 Å². The lowest BCUT2D eigenvalue weighted by Crippen LogP contribution is -2.59. The standard InChI is InChI=1S/C19H36N4O6/c1-9(2)7-13(21-16(25)12(20)8-24)17(26)22-14(10(3)4)18(27)23-15(11(5)6)19(28)29/h9-15,24H,7-8,20H2,1-6H3,(H,21,25)(H,22,26)(H,23,27)(H,28,29). The molecule has 0 heterocycles. The van der Waals surface area contributed by atoms with Crippen LogP contribution in [0.5, 0.6) is 0 Å². The molecule has 0 aliphatic heterocycles. The van der Waals surface area contributed by atoms with Gasteiger partial charge in [-0.15, -0.1) is 0 Å². The number of nitrogens with one attached hydrogen (secondary N) is 3. The van der Waals surface area contributed by atoms with Crippen molar-refractivity contribution in [1.82, 2.24) is 16.0 Å². The van der Waals surface area contributed by atoms with Crippen LogP contribution >= 0.6 is 0 Å². The van der Waals surface area contributed by atoms with Crippen molar-refractivity contribution in [3.05, 3.63) is 0 Å². The van der Waals surface area contributed by atoms with Crippen molar-refractivity contribution in [2.45, 2.75) is 72.1 Å². The van der Waals surface area contributed by atoms with E-state index in [9.17, 15) is 24.3 Å². The minimum Gasteiger partial charge on any atom is -0.480 e. The molecule has 168 valence electrons. The largest absolute Gasteiger partial charge is 0.480 e. The molecule has 7 N–H and O–H groups in total. The van der Waals surface area contributed by atoms with Crippen molar-refractivity contribution >= 4 is 23.7 Å². The molecule has 0 aliphatic rings. The lowest BCUT2D eigenvalue weighted by atomic mass is 9.98. The second kappa shape index (κ2) is 12.4. The Morgan fingerprint density at radius 2 is 1.28 bits per heavy atom. The molecule has 0 fully saturated rings. The third kappa shape index (κ3) is 9.23. The predicted molar refractivity (Wildman–Crippen MR) is 108 cm³/mol. The minimum atomic E-state index is -1.16. The highest BCUT2D eigenvalue weighted by molar-refractivity contribution is 5.94. The second-order valence-electron chi connectivity index (χ2n) is 8.28. The summed E-state index contributed by atoms with van der Waals surface area (Å²) in [6.07, 6.45) is 0.298. The van der Waals surface area contributed by atoms with E-state index < -0.39 is 54.5 Å². The van der Waals surface area contributed by atoms with Crippen molar-refractivity contribution in [3.63, 3.8) is 0 Å². The van der Waals surface area contributed by atoms with E-state index in [1.54, 1.807) is 27.7 Å². The van der Waals surface area contributed by atoms with Crippen molar-refractivity contribution in [2.75, 3.05) is 6.61 Å². The number of aliphatic carboxylic acids is 1. The predicted octanol–water partition coefficient (Wildman–Crippen LogP) is -0.797. The average Bonchev–Trinajstić information content (AvgIpc) is 2.60. The summed E-state index contributed by atoms with van der Waals surface area (Å²) in [5.41, 5.74) is 5.49. The van der Waals surface area contributed by atoms with Crippen LogP contribution in [0.3, 0.4) is 0 Å². The lowest BCUT2D eigenvalue weighted by Gasteiger charge is -2.28. The van der Waals surface area contributed by atoms with Crippen molar-refractivity contribution < 1.29 is 29.4 Å². The van der Waals surface area contributed by atoms with E-state index in [4.69, 9.17) is 10.8 Å². The number of aliphatic hydroxyl groups is 1. The average molecular weight is 417 g/mol. The molecule has 3 amide bonds. The number of nitrogens with two attached hydrogens (primary N) is 1. The van der Waals surface area contributed by atoms with Crippen LogP contribution in [0.25, 0.3) is 0 Å². The van der Waals surface area contributed by atoms with E-state index in [-0.39, 0.29) is 17.8 Å². The summed E-state index contributed by atoms with van der Waals surface area (Å²) >= 11 is 0. The normalized spacial score (nSPS) is 15.6. The summed E-state index contributed by atoms with van der Waals surface area (Å²) in [4.78, 5) is 48.8. The summed E-state index contributed by atoms with van der Waals surface area (Å²) < 4.78 is 0. The zero-order chi connectivity index (χ0) is 22.9. The quantitative estimate of drug-likeness (QED) is 0.242. The van der Waals surface area contributed by atoms with E-state index in [2.05, 4.69) is 16.0 Å². The van der Waals surface area contributed by atoms with Crippen LogP contribution < -0.4 is 21.7 Å². The van der Waals surface area contributed by atoms with Gasteiger partial charge in [-0.2, -0.15) is 0 Å². The van der Waals surface area contributed by atoms with E-state index in [1.807, 2.05) is 13.8 Å². The van der Waals surface area contributed by atoms with E-state index in [0.29, 0.717) is 6.42 Å². The molecule has 0 aromatic rings. The van der Waals surface area contributed by atoms with Gasteiger partial charge in [0.25, 0.3) is 0 Å². The summed E-state index contributed by atoms with van der Waals surface area (Å²) in [6.45, 7) is 9.93. The number of hydrogen-bond acceptors (Lipinski definition) is 6. The second-order valence-corrected chi connectivity index (χ2v) is 8.28. The van der Waals surface area contributed by atoms with Crippen molar-refractivity contribution in [2.24, 2.45) is 23.5 Å². The van der Waals surface area contributed by atoms with Gasteiger partial charge in [0, 0.05) is 0 Å². The number of aliphatic hydroxyl groups excluding tert-OH is 1. The Morgan fingerprint density at radius 3 is 1.66 bits per heavy atom. The number of carboxylic acids is 1. The maximum absolute atomic E-state index is 12.8. The molecule has 0 aromatic carbocycles. The molecule has 10 nitrogen and oxygen atoms in total. The van der Waals surface area contributed by atoms with Gasteiger partial charge in [-0.3, -0.25) is 14.4 Å². The van der Waals surface area contributed by atoms with Crippen molar-refractivity contribution in [1.29, 1.82) is 0 Å². The van der Waals surface area contributed by atoms with Crippen LogP contribution in [0, 0.1) is 17.8 Å². The Balaban J connectivity index is 5.38. The molecule has 0 aromatic heterocycles. The molecular weight excluding hydrogens is 380 g/mol. The molecule has 0 saturated carbocycles. The highest BCUT2D eigenvalue weighted by Crippen LogP contribution is 2.10. The van der Waals surface area contributed by atoms with Crippen LogP contribution in [-0.4, -0.2) is 64.7 Å². The molecule has 0 bridgehead atoms. The molecule has 0 radical (unpaired) electrons. The third-order valence-electron chi connectivity index (χ3n) is 4.35. The molecule has 29 heavy (non-hydrogen) atoms. The van der Waals surface area contributed by atoms with Gasteiger partial charge in [-0.05, 0) is 24.2 Å². The SMILES string of the molecule is CC(C)CC(NC(=O)C(N)CO)C(=O)NC(C(=O)NC(C(=O)O)C(C)C)C(C)C. The highest BCUT2D eigenvalue weighted by Gasteiger charge is 2.32. The van der Waals surface area contributed by atoms with Gasteiger partial charge in [0.15, 0.2) is 0 Å². The fraction of sp³-hybridized carbons (Fsp3) is 0.789. The summed E-state index contributed by atoms with van der Waals surface area (Å²) in [5.74, 6) is -3.64. The lowest BCUT2D eigenvalue weighted by molar-refractivity contribution is -0.144. The monoisotopic (exact) mass is 416 g/mol. The Labute approximate surface area is 172 Å². The van der Waals surface area contributed by atoms with E-state index in [1.165, 1.54) is 0 Å². The Hall–Kier alpha value is -2.20. The highest BCUT2D eigenvalue weighted by atomic mass is 16.4. The number of rotatable bonds is 12. The number of amides is 3. The molecule has 4 atom stereocenters. The maximum Gasteiger partial charge on any atom is 0.326 e. The number of carbonyl (C=O) groups excluding carboxylic acids is 3. The Morgan fingerprint density at radius 1 is 0.793 bits per heavy atom. The zero-order valence-electron chi connectivity index (χ0n) is 18.1. The molecular formula is C19H36N4O6. The minimum absolute atomic E-state index is 0.0556. The number of carboxylic acid groups (broad SMARTS) is 1. The fourth-order valence-corrected chi connectivity index (χ4v) is 2.61. The fourth-order valence-electron chi connectivity index (χ4n) is 2.61. The van der Waals surface area contributed by atoms with Gasteiger partial charge in [0.05, 0.1) is 6.61 Å². The molecule has 0 spiro atoms. The first kappa shape index (κ1) is 26.8. The van der Waals surface area contributed by atoms with Crippen LogP contribution in [-0.2, 0) is 19.2 Å². The van der Waals surface area contributed by atoms with Crippen LogP contribution in [0.15, 0.2) is 0 Å². The Bertz CT molecular complexity index is 579. The maximum atomic E-state index is 12.8. The zero-order valence-corrected chi connectivity index (χ0v) is 18.1. The summed E-state index contributed by atoms with van der Waals surface area (Å²) in [7, 11) is 0. The first-order valence-corrected chi connectivity index (χ1v) is 9.82. The van der Waals surface area contributed by atoms with Gasteiger partial charge in [0.2, 0.25) is 17.7 Å². The topological polar surface area (TPSA) is 171 Å². The van der Waals surface area contributed by atoms with E-state index >= 15 is 0 Å². The van der Waals surface area contributed by atoms with Gasteiger partial charge in [0.1, 0.15) is 24.2 Å². The van der Waals surface area contributed by atoms with Gasteiger partial charge >= 0.3 is 5.97 Å². The van der Waals surface area contributed by atoms with Gasteiger partial charge < -0.3 is 31.9 Å². The van der Waals surface area contributed by atoms with Gasteiger partial charge in [-0.25, -0.2) is 4.79 Å². The summed E-state index contributed by atoms with van der Waals surface area (Å²) in [5, 5.41) is 25.9. The third-order valence-corrected chi connectivity index (χ3v) is 4.35. The van der Waals surface area contributed by atoms with Crippen LogP contribution in [0.1, 0.15) is 48.0 Å². The smallest absolute Gasteiger partial charge is 0.326 e. The molecule has 10 heteroatoms. The molecule has 4 unspecified atom stereocenters. The molecule has 0 rings (SSSR count). The molecule has 0 aliphatic carbocycles.